The molecule has 0 aliphatic carbocycles. The SMILES string of the molecule is CC(C)(C)OC(=O)N1C[C@H](F)C[C@H]1C(=O)Nc1cccc(OC(F)(F)F)c1F.CC(C)(C)OC(=O)N1C[C@H](F)C[C@H]1C(=O)O.Cl.Nc1cccc(OC(F)(F)F)c1F.O=C(Nc1cccc(OC(F)(F)F)c1F)[C@@H]1C[C@@H](F)CN1.S.S=S.S=S=S. The van der Waals surface area contributed by atoms with Gasteiger partial charge in [-0.1, -0.05) is 18.2 Å². The summed E-state index contributed by atoms with van der Waals surface area (Å²) in [4.78, 5) is 60.6. The normalized spacial score (nSPS) is 18.8. The monoisotopic (exact) mass is 1380 g/mol. The maximum Gasteiger partial charge on any atom is 0.573 e. The molecule has 0 aromatic heterocycles. The van der Waals surface area contributed by atoms with E-state index in [0.29, 0.717) is 0 Å². The molecule has 3 aromatic rings. The van der Waals surface area contributed by atoms with Crippen molar-refractivity contribution in [2.45, 2.75) is 128 Å². The number of rotatable bonds is 8. The molecular formula is C46H54ClF15N6O11S6. The predicted molar refractivity (Wildman–Crippen MR) is 297 cm³/mol. The van der Waals surface area contributed by atoms with Crippen LogP contribution >= 0.6 is 25.9 Å². The molecule has 0 radical (unpaired) electrons. The molecule has 482 valence electrons. The number of carboxylic acids is 1. The third-order valence-corrected chi connectivity index (χ3v) is 9.85. The molecule has 6 rings (SSSR count). The second kappa shape index (κ2) is 35.9. The van der Waals surface area contributed by atoms with Crippen LogP contribution < -0.4 is 35.9 Å². The van der Waals surface area contributed by atoms with Gasteiger partial charge in [0.25, 0.3) is 0 Å². The molecule has 6 atom stereocenters. The van der Waals surface area contributed by atoms with Crippen molar-refractivity contribution < 1.29 is 119 Å². The van der Waals surface area contributed by atoms with E-state index in [2.05, 4.69) is 74.9 Å². The van der Waals surface area contributed by atoms with Crippen molar-refractivity contribution in [2.75, 3.05) is 36.0 Å². The number of nitrogen functional groups attached to an aromatic ring is 1. The topological polar surface area (TPSA) is 220 Å². The number of amides is 4. The van der Waals surface area contributed by atoms with Crippen molar-refractivity contribution in [3.8, 4) is 17.2 Å². The highest BCUT2D eigenvalue weighted by Gasteiger charge is 2.44. The number of hydrogen-bond donors (Lipinski definition) is 5. The van der Waals surface area contributed by atoms with Crippen molar-refractivity contribution in [1.82, 2.24) is 15.1 Å². The van der Waals surface area contributed by atoms with Gasteiger partial charge in [-0.05, 0) is 77.9 Å². The minimum Gasteiger partial charge on any atom is -0.480 e. The van der Waals surface area contributed by atoms with Crippen LogP contribution in [0.1, 0.15) is 60.8 Å². The fourth-order valence-electron chi connectivity index (χ4n) is 6.78. The molecule has 0 bridgehead atoms. The highest BCUT2D eigenvalue weighted by Crippen LogP contribution is 2.33. The van der Waals surface area contributed by atoms with Crippen LogP contribution in [0.3, 0.4) is 0 Å². The second-order valence-corrected chi connectivity index (χ2v) is 20.4. The Morgan fingerprint density at radius 2 is 0.941 bits per heavy atom. The lowest BCUT2D eigenvalue weighted by Crippen LogP contribution is -2.45. The van der Waals surface area contributed by atoms with Crippen molar-refractivity contribution in [3.63, 3.8) is 0 Å². The van der Waals surface area contributed by atoms with E-state index >= 15 is 0 Å². The first-order valence-electron chi connectivity index (χ1n) is 23.0. The Labute approximate surface area is 510 Å². The van der Waals surface area contributed by atoms with Crippen molar-refractivity contribution in [1.29, 1.82) is 0 Å². The molecule has 85 heavy (non-hydrogen) atoms. The van der Waals surface area contributed by atoms with E-state index in [4.69, 9.17) is 20.3 Å². The van der Waals surface area contributed by atoms with E-state index in [-0.39, 0.29) is 63.9 Å². The lowest BCUT2D eigenvalue weighted by atomic mass is 10.2. The van der Waals surface area contributed by atoms with E-state index in [1.807, 2.05) is 0 Å². The lowest BCUT2D eigenvalue weighted by molar-refractivity contribution is -0.276. The summed E-state index contributed by atoms with van der Waals surface area (Å²) < 4.78 is 209. The molecule has 3 saturated heterocycles. The number of carboxylic acid groups (broad SMARTS) is 1. The van der Waals surface area contributed by atoms with Crippen LogP contribution in [0.2, 0.25) is 0 Å². The Balaban J connectivity index is 0. The molecule has 3 fully saturated rings. The van der Waals surface area contributed by atoms with Gasteiger partial charge in [0.1, 0.15) is 41.8 Å². The predicted octanol–water partition coefficient (Wildman–Crippen LogP) is 10.6. The van der Waals surface area contributed by atoms with Crippen LogP contribution in [0.15, 0.2) is 54.6 Å². The smallest absolute Gasteiger partial charge is 0.480 e. The summed E-state index contributed by atoms with van der Waals surface area (Å²) >= 11 is 15.6. The lowest BCUT2D eigenvalue weighted by Gasteiger charge is -2.27. The zero-order chi connectivity index (χ0) is 64.2. The fraction of sp³-hybridized carbons (Fsp3) is 0.500. The summed E-state index contributed by atoms with van der Waals surface area (Å²) in [6, 6.07) is 5.61. The average molecular weight is 1380 g/mol. The van der Waals surface area contributed by atoms with Gasteiger partial charge in [0.15, 0.2) is 34.7 Å². The molecule has 3 aromatic carbocycles. The number of benzene rings is 3. The zero-order valence-electron chi connectivity index (χ0n) is 44.5. The summed E-state index contributed by atoms with van der Waals surface area (Å²) in [5.74, 6) is -10.0. The first kappa shape index (κ1) is 81.5. The van der Waals surface area contributed by atoms with E-state index in [1.165, 1.54) is 6.07 Å². The van der Waals surface area contributed by atoms with Crippen molar-refractivity contribution in [3.05, 3.63) is 72.0 Å². The Morgan fingerprint density at radius 3 is 1.28 bits per heavy atom. The number of carbonyl (C=O) groups is 5. The number of aliphatic carboxylic acids is 1. The highest BCUT2D eigenvalue weighted by molar-refractivity contribution is 8.37. The van der Waals surface area contributed by atoms with Gasteiger partial charge in [-0.25, -0.2) is 40.7 Å². The minimum atomic E-state index is -5.12. The Morgan fingerprint density at radius 1 is 0.600 bits per heavy atom. The second-order valence-electron chi connectivity index (χ2n) is 18.7. The zero-order valence-corrected chi connectivity index (χ0v) is 50.4. The standard InChI is InChI=1S/C17H19F5N2O4.C12H11F5N2O2.C10H16FNO4.C7H5F4NO.ClH.S3.S2.H2S/c1-16(2,3)28-15(26)24-8-9(18)7-11(24)14(25)23-10-5-4-6-12(13(10)19)27-17(20,21)22;13-6-4-8(18-5-6)11(20)19-7-2-1-3-9(10(7)14)21-12(15,16)17;1-10(2,3)16-9(15)12-5-6(11)4-7(12)8(13)14;8-6-4(12)2-1-3-5(6)13-7(9,10)11;;1-3-2;1-2;/h4-6,9,11H,7-8H2,1-3H3,(H,23,25);1-3,6,8,18H,4-5H2,(H,19,20);6-7H,4-5H2,1-3H3,(H,13,14);1-3H,12H2;1H;;;1H2/t9-,11+;6-,8+;6-,7+;;;;;/m111...../s1. The summed E-state index contributed by atoms with van der Waals surface area (Å²) in [7, 11) is 0.917. The summed E-state index contributed by atoms with van der Waals surface area (Å²) in [6.45, 7) is 9.16. The van der Waals surface area contributed by atoms with Gasteiger partial charge in [-0.3, -0.25) is 19.4 Å². The van der Waals surface area contributed by atoms with Gasteiger partial charge in [0.2, 0.25) is 11.8 Å². The maximum absolute atomic E-state index is 14.2. The number of hydrogen-bond acceptors (Lipinski definition) is 16. The van der Waals surface area contributed by atoms with Gasteiger partial charge in [0.05, 0.1) is 36.2 Å². The number of nitrogens with two attached hydrogens (primary N) is 1. The van der Waals surface area contributed by atoms with Gasteiger partial charge in [-0.2, -0.15) is 13.5 Å². The first-order chi connectivity index (χ1) is 38.0. The largest absolute Gasteiger partial charge is 0.573 e. The van der Waals surface area contributed by atoms with Gasteiger partial charge < -0.3 is 50.5 Å². The number of likely N-dealkylation sites (tertiary alicyclic amines) is 2. The van der Waals surface area contributed by atoms with Crippen LogP contribution in [-0.2, 0) is 77.5 Å². The molecule has 0 spiro atoms. The molecule has 0 saturated carbocycles. The van der Waals surface area contributed by atoms with Crippen LogP contribution in [0.5, 0.6) is 17.2 Å². The highest BCUT2D eigenvalue weighted by atomic mass is 35.5. The quantitative estimate of drug-likeness (QED) is 0.105. The number of ether oxygens (including phenoxy) is 5. The van der Waals surface area contributed by atoms with Gasteiger partial charge >= 0.3 is 37.2 Å². The van der Waals surface area contributed by atoms with E-state index in [9.17, 15) is 89.8 Å². The van der Waals surface area contributed by atoms with Crippen LogP contribution in [-0.4, -0.2) is 131 Å². The van der Waals surface area contributed by atoms with Crippen molar-refractivity contribution >= 4 is 127 Å². The third kappa shape index (κ3) is 30.6. The van der Waals surface area contributed by atoms with Gasteiger partial charge in [0, 0.05) is 79.4 Å². The molecule has 3 heterocycles. The Hall–Kier alpha value is -5.54. The fourth-order valence-corrected chi connectivity index (χ4v) is 6.78. The molecule has 3 aliphatic rings. The third-order valence-electron chi connectivity index (χ3n) is 9.85. The molecule has 0 unspecified atom stereocenters. The van der Waals surface area contributed by atoms with E-state index in [1.54, 1.807) is 41.5 Å². The Kier molecular flexibility index (Phi) is 34.5. The summed E-state index contributed by atoms with van der Waals surface area (Å²) in [6.07, 6.45) is -21.4. The number of alkyl halides is 12. The molecular weight excluding hydrogens is 1330 g/mol. The summed E-state index contributed by atoms with van der Waals surface area (Å²) in [5, 5.41) is 15.6. The molecule has 3 aliphatic heterocycles. The van der Waals surface area contributed by atoms with Crippen LogP contribution in [0, 0.1) is 17.5 Å². The average Bonchev–Trinajstić information content (AvgIpc) is 4.24. The van der Waals surface area contributed by atoms with E-state index < -0.39 is 150 Å². The minimum absolute atomic E-state index is 0. The Bertz CT molecular complexity index is 2720. The first-order valence-corrected chi connectivity index (χ1v) is 27.0. The van der Waals surface area contributed by atoms with Gasteiger partial charge in [-0.15, -0.1) is 51.9 Å². The molecule has 39 heteroatoms. The molecule has 17 nitrogen and oxygen atoms in total. The van der Waals surface area contributed by atoms with Crippen molar-refractivity contribution in [2.24, 2.45) is 0 Å². The number of halogens is 16. The molecule has 4 amide bonds. The van der Waals surface area contributed by atoms with E-state index in [0.717, 1.165) is 67.2 Å². The number of nitrogens with zero attached hydrogens (tertiary/aromatic N) is 2. The number of anilines is 3. The number of carbonyl (C=O) groups excluding carboxylic acids is 4. The van der Waals surface area contributed by atoms with Crippen LogP contribution in [0.25, 0.3) is 0 Å². The molecule has 6 N–H and O–H groups in total. The summed E-state index contributed by atoms with van der Waals surface area (Å²) in [5.41, 5.74) is 1.96. The number of nitrogens with one attached hydrogen (secondary N) is 3. The maximum atomic E-state index is 14.2. The van der Waals surface area contributed by atoms with Crippen LogP contribution in [0.4, 0.5) is 92.5 Å².